The molecule has 3 saturated heterocycles. The molecule has 0 spiro atoms. The monoisotopic (exact) mass is 413 g/mol. The zero-order valence-corrected chi connectivity index (χ0v) is 16.3. The van der Waals surface area contributed by atoms with Gasteiger partial charge in [0.05, 0.1) is 18.2 Å². The normalized spacial score (nSPS) is 29.5. The summed E-state index contributed by atoms with van der Waals surface area (Å²) in [6, 6.07) is 5.57. The molecule has 3 fully saturated rings. The molecule has 1 unspecified atom stereocenters. The smallest absolute Gasteiger partial charge is 0.338 e. The fraction of sp³-hybridized carbons (Fsp3) is 0.667. The van der Waals surface area contributed by atoms with Crippen molar-refractivity contribution in [2.24, 2.45) is 0 Å². The number of rotatable bonds is 3. The summed E-state index contributed by atoms with van der Waals surface area (Å²) in [5.41, 5.74) is 0.355. The van der Waals surface area contributed by atoms with Crippen molar-refractivity contribution in [3.8, 4) is 0 Å². The average Bonchev–Trinajstić information content (AvgIpc) is 3.36. The topological polar surface area (TPSA) is 35.6 Å². The van der Waals surface area contributed by atoms with Crippen molar-refractivity contribution in [1.29, 1.82) is 0 Å². The number of benzene rings is 1. The van der Waals surface area contributed by atoms with Gasteiger partial charge in [-0.2, -0.15) is 13.2 Å². The first kappa shape index (κ1) is 20.6. The van der Waals surface area contributed by atoms with E-state index < -0.39 is 17.9 Å². The third-order valence-electron chi connectivity index (χ3n) is 6.60. The molecular weight excluding hydrogens is 386 g/mol. The minimum atomic E-state index is -4.30. The Morgan fingerprint density at radius 1 is 1.03 bits per heavy atom. The van der Waals surface area contributed by atoms with Gasteiger partial charge in [-0.05, 0) is 62.4 Å². The molecule has 160 valence electrons. The van der Waals surface area contributed by atoms with Crippen LogP contribution in [-0.4, -0.2) is 66.7 Å². The van der Waals surface area contributed by atoms with E-state index in [0.29, 0.717) is 13.0 Å². The van der Waals surface area contributed by atoms with Gasteiger partial charge in [-0.25, -0.2) is 4.39 Å². The Hall–Kier alpha value is -1.67. The number of halogens is 4. The summed E-state index contributed by atoms with van der Waals surface area (Å²) in [4.78, 5) is 16.6. The molecular formula is C21H27F4N3O. The first-order valence-electron chi connectivity index (χ1n) is 10.4. The maximum Gasteiger partial charge on any atom is 0.416 e. The van der Waals surface area contributed by atoms with Gasteiger partial charge in [-0.15, -0.1) is 0 Å². The van der Waals surface area contributed by atoms with Crippen molar-refractivity contribution in [2.45, 2.75) is 56.0 Å². The zero-order chi connectivity index (χ0) is 20.6. The number of hydrogen-bond acceptors (Lipinski definition) is 3. The maximum atomic E-state index is 13.4. The Labute approximate surface area is 168 Å². The Morgan fingerprint density at radius 3 is 2.31 bits per heavy atom. The molecule has 0 bridgehead atoms. The summed E-state index contributed by atoms with van der Waals surface area (Å²) in [6.07, 6.45) is -2.24. The molecule has 4 rings (SSSR count). The Morgan fingerprint density at radius 2 is 1.72 bits per heavy atom. The summed E-state index contributed by atoms with van der Waals surface area (Å²) in [7, 11) is 0. The summed E-state index contributed by atoms with van der Waals surface area (Å²) in [5, 5.41) is 3.30. The van der Waals surface area contributed by atoms with Crippen LogP contribution in [0.3, 0.4) is 0 Å². The van der Waals surface area contributed by atoms with Crippen LogP contribution in [0.2, 0.25) is 0 Å². The highest BCUT2D eigenvalue weighted by Crippen LogP contribution is 2.34. The lowest BCUT2D eigenvalue weighted by atomic mass is 9.88. The van der Waals surface area contributed by atoms with Crippen molar-refractivity contribution in [3.05, 3.63) is 35.4 Å². The fourth-order valence-electron chi connectivity index (χ4n) is 4.86. The first-order valence-corrected chi connectivity index (χ1v) is 10.4. The van der Waals surface area contributed by atoms with Gasteiger partial charge >= 0.3 is 6.18 Å². The summed E-state index contributed by atoms with van der Waals surface area (Å²) < 4.78 is 51.6. The van der Waals surface area contributed by atoms with Crippen LogP contribution in [0.15, 0.2) is 24.3 Å². The van der Waals surface area contributed by atoms with Crippen molar-refractivity contribution >= 4 is 5.91 Å². The number of likely N-dealkylation sites (tertiary alicyclic amines) is 2. The number of nitrogens with one attached hydrogen (secondary N) is 1. The minimum absolute atomic E-state index is 0.00675. The van der Waals surface area contributed by atoms with Crippen LogP contribution in [0, 0.1) is 0 Å². The molecule has 3 atom stereocenters. The Kier molecular flexibility index (Phi) is 5.84. The number of hydrogen-bond donors (Lipinski definition) is 1. The van der Waals surface area contributed by atoms with E-state index in [0.717, 1.165) is 44.5 Å². The molecule has 3 heterocycles. The van der Waals surface area contributed by atoms with Crippen molar-refractivity contribution in [3.63, 3.8) is 0 Å². The number of nitrogens with zero attached hydrogens (tertiary/aromatic N) is 2. The van der Waals surface area contributed by atoms with E-state index in [9.17, 15) is 22.4 Å². The van der Waals surface area contributed by atoms with Crippen LogP contribution in [0.5, 0.6) is 0 Å². The molecule has 29 heavy (non-hydrogen) atoms. The molecule has 1 amide bonds. The van der Waals surface area contributed by atoms with E-state index in [-0.39, 0.29) is 30.5 Å². The molecule has 3 aliphatic heterocycles. The van der Waals surface area contributed by atoms with Crippen molar-refractivity contribution in [1.82, 2.24) is 15.1 Å². The van der Waals surface area contributed by atoms with Crippen LogP contribution < -0.4 is 5.32 Å². The molecule has 1 aromatic rings. The molecule has 1 aromatic carbocycles. The van der Waals surface area contributed by atoms with Gasteiger partial charge in [-0.3, -0.25) is 9.69 Å². The first-order chi connectivity index (χ1) is 13.8. The Balaban J connectivity index is 1.27. The van der Waals surface area contributed by atoms with Crippen LogP contribution in [0.25, 0.3) is 0 Å². The number of amides is 1. The predicted molar refractivity (Wildman–Crippen MR) is 101 cm³/mol. The van der Waals surface area contributed by atoms with Crippen LogP contribution in [-0.2, 0) is 11.0 Å². The van der Waals surface area contributed by atoms with Gasteiger partial charge < -0.3 is 10.2 Å². The number of piperidine rings is 1. The van der Waals surface area contributed by atoms with E-state index in [4.69, 9.17) is 0 Å². The molecule has 1 N–H and O–H groups in total. The summed E-state index contributed by atoms with van der Waals surface area (Å²) in [6.45, 7) is 3.19. The van der Waals surface area contributed by atoms with Gasteiger partial charge in [0.15, 0.2) is 0 Å². The van der Waals surface area contributed by atoms with Gasteiger partial charge in [-0.1, -0.05) is 12.1 Å². The third-order valence-corrected chi connectivity index (χ3v) is 6.60. The number of carbonyl (C=O) groups is 1. The quantitative estimate of drug-likeness (QED) is 0.774. The Bertz CT molecular complexity index is 716. The molecule has 4 nitrogen and oxygen atoms in total. The van der Waals surface area contributed by atoms with Gasteiger partial charge in [0.1, 0.15) is 6.17 Å². The second-order valence-corrected chi connectivity index (χ2v) is 8.45. The average molecular weight is 413 g/mol. The third kappa shape index (κ3) is 4.58. The van der Waals surface area contributed by atoms with Crippen LogP contribution in [0.4, 0.5) is 17.6 Å². The van der Waals surface area contributed by atoms with Crippen LogP contribution >= 0.6 is 0 Å². The second kappa shape index (κ2) is 8.22. The fourth-order valence-corrected chi connectivity index (χ4v) is 4.86. The van der Waals surface area contributed by atoms with E-state index in [1.165, 1.54) is 12.1 Å². The number of carbonyl (C=O) groups excluding carboxylic acids is 1. The highest BCUT2D eigenvalue weighted by molar-refractivity contribution is 5.82. The highest BCUT2D eigenvalue weighted by atomic mass is 19.4. The maximum absolute atomic E-state index is 13.4. The zero-order valence-electron chi connectivity index (χ0n) is 16.3. The standard InChI is InChI=1S/C21H27F4N3O/c22-17-7-10-28(13-17)20(29)19-11-18(12-26-19)27-8-5-15(6-9-27)14-1-3-16(4-2-14)21(23,24)25/h1-4,15,17-19,26H,5-13H2/t17?,18-,19-/m0/s1. The lowest BCUT2D eigenvalue weighted by Gasteiger charge is -2.36. The van der Waals surface area contributed by atoms with Crippen LogP contribution in [0.1, 0.15) is 42.7 Å². The summed E-state index contributed by atoms with van der Waals surface area (Å²) >= 11 is 0. The second-order valence-electron chi connectivity index (χ2n) is 8.45. The molecule has 0 aliphatic carbocycles. The van der Waals surface area contributed by atoms with E-state index in [1.54, 1.807) is 17.0 Å². The largest absolute Gasteiger partial charge is 0.416 e. The van der Waals surface area contributed by atoms with Crippen molar-refractivity contribution < 1.29 is 22.4 Å². The SMILES string of the molecule is O=C([C@@H]1C[C@H](N2CCC(c3ccc(C(F)(F)F)cc3)CC2)CN1)N1CCC(F)C1. The highest BCUT2D eigenvalue weighted by Gasteiger charge is 2.38. The van der Waals surface area contributed by atoms with Gasteiger partial charge in [0, 0.05) is 19.1 Å². The van der Waals surface area contributed by atoms with E-state index >= 15 is 0 Å². The molecule has 0 saturated carbocycles. The molecule has 0 radical (unpaired) electrons. The van der Waals surface area contributed by atoms with Crippen molar-refractivity contribution in [2.75, 3.05) is 32.7 Å². The summed E-state index contributed by atoms with van der Waals surface area (Å²) in [5.74, 6) is 0.277. The number of alkyl halides is 4. The van der Waals surface area contributed by atoms with Gasteiger partial charge in [0.2, 0.25) is 5.91 Å². The van der Waals surface area contributed by atoms with Gasteiger partial charge in [0.25, 0.3) is 0 Å². The lowest BCUT2D eigenvalue weighted by molar-refractivity contribution is -0.137. The predicted octanol–water partition coefficient (Wildman–Crippen LogP) is 3.19. The molecule has 8 heteroatoms. The molecule has 3 aliphatic rings. The van der Waals surface area contributed by atoms with E-state index in [1.807, 2.05) is 0 Å². The van der Waals surface area contributed by atoms with E-state index in [2.05, 4.69) is 10.2 Å². The molecule has 0 aromatic heterocycles. The lowest BCUT2D eigenvalue weighted by Crippen LogP contribution is -2.43. The minimum Gasteiger partial charge on any atom is -0.338 e.